The molecule has 2 aromatic carbocycles. The molecule has 1 heterocycles. The Hall–Kier alpha value is -2.88. The number of primary amides is 1. The zero-order chi connectivity index (χ0) is 20.5. The van der Waals surface area contributed by atoms with E-state index >= 15 is 0 Å². The molecule has 7 nitrogen and oxygen atoms in total. The van der Waals surface area contributed by atoms with Gasteiger partial charge in [-0.3, -0.25) is 4.79 Å². The average molecular weight is 518 g/mol. The SMILES string of the molecule is CCNC(=NCc1cccc(C(N)=O)c1)NCCc1ccc(-n2cccn2)cc1.I. The van der Waals surface area contributed by atoms with E-state index in [9.17, 15) is 4.79 Å². The molecule has 0 aliphatic heterocycles. The quantitative estimate of drug-likeness (QED) is 0.243. The number of amides is 1. The Balaban J connectivity index is 0.00000320. The third-order valence-electron chi connectivity index (χ3n) is 4.39. The number of hydrogen-bond acceptors (Lipinski definition) is 3. The number of nitrogens with one attached hydrogen (secondary N) is 2. The second-order valence-electron chi connectivity index (χ2n) is 6.55. The van der Waals surface area contributed by atoms with Gasteiger partial charge in [0.25, 0.3) is 0 Å². The number of aliphatic imine (C=N–C) groups is 1. The molecule has 0 bridgehead atoms. The zero-order valence-electron chi connectivity index (χ0n) is 16.9. The fraction of sp³-hybridized carbons (Fsp3) is 0.227. The first-order chi connectivity index (χ1) is 14.2. The van der Waals surface area contributed by atoms with Crippen LogP contribution in [0.5, 0.6) is 0 Å². The molecule has 3 aromatic rings. The molecule has 1 amide bonds. The number of nitrogens with two attached hydrogens (primary N) is 1. The summed E-state index contributed by atoms with van der Waals surface area (Å²) in [6.45, 7) is 4.02. The van der Waals surface area contributed by atoms with E-state index in [2.05, 4.69) is 45.0 Å². The summed E-state index contributed by atoms with van der Waals surface area (Å²) < 4.78 is 1.84. The van der Waals surface area contributed by atoms with Gasteiger partial charge in [-0.2, -0.15) is 5.10 Å². The standard InChI is InChI=1S/C22H26N6O.HI/c1-2-24-22(26-16-18-5-3-6-19(15-18)21(23)29)25-13-11-17-7-9-20(10-8-17)28-14-4-12-27-28;/h3-10,12,14-15H,2,11,13,16H2,1H3,(H2,23,29)(H2,24,25,26);1H. The van der Waals surface area contributed by atoms with Crippen LogP contribution in [0.4, 0.5) is 0 Å². The predicted octanol–water partition coefficient (Wildman–Crippen LogP) is 2.89. The van der Waals surface area contributed by atoms with Gasteiger partial charge in [-0.15, -0.1) is 24.0 Å². The predicted molar refractivity (Wildman–Crippen MR) is 130 cm³/mol. The van der Waals surface area contributed by atoms with Crippen molar-refractivity contribution in [1.82, 2.24) is 20.4 Å². The number of halogens is 1. The van der Waals surface area contributed by atoms with Crippen LogP contribution in [0.3, 0.4) is 0 Å². The summed E-state index contributed by atoms with van der Waals surface area (Å²) in [6.07, 6.45) is 4.57. The highest BCUT2D eigenvalue weighted by atomic mass is 127. The molecule has 8 heteroatoms. The van der Waals surface area contributed by atoms with Crippen molar-refractivity contribution in [3.8, 4) is 5.69 Å². The molecular formula is C22H27IN6O. The second kappa shape index (κ2) is 12.0. The van der Waals surface area contributed by atoms with Gasteiger partial charge in [-0.05, 0) is 54.8 Å². The number of carbonyl (C=O) groups is 1. The van der Waals surface area contributed by atoms with Gasteiger partial charge >= 0.3 is 0 Å². The van der Waals surface area contributed by atoms with Gasteiger partial charge in [-0.1, -0.05) is 24.3 Å². The highest BCUT2D eigenvalue weighted by Crippen LogP contribution is 2.09. The van der Waals surface area contributed by atoms with Gasteiger partial charge in [-0.25, -0.2) is 9.67 Å². The number of hydrogen-bond donors (Lipinski definition) is 3. The monoisotopic (exact) mass is 518 g/mol. The maximum Gasteiger partial charge on any atom is 0.248 e. The Kier molecular flexibility index (Phi) is 9.33. The van der Waals surface area contributed by atoms with Crippen LogP contribution in [0.1, 0.15) is 28.4 Å². The molecule has 158 valence electrons. The van der Waals surface area contributed by atoms with Crippen LogP contribution >= 0.6 is 24.0 Å². The summed E-state index contributed by atoms with van der Waals surface area (Å²) in [6, 6.07) is 17.5. The zero-order valence-corrected chi connectivity index (χ0v) is 19.2. The maximum absolute atomic E-state index is 11.3. The molecule has 0 saturated carbocycles. The van der Waals surface area contributed by atoms with Crippen molar-refractivity contribution >= 4 is 35.8 Å². The lowest BCUT2D eigenvalue weighted by Gasteiger charge is -2.12. The summed E-state index contributed by atoms with van der Waals surface area (Å²) in [5.74, 6) is 0.310. The van der Waals surface area contributed by atoms with Gasteiger partial charge in [0.15, 0.2) is 5.96 Å². The van der Waals surface area contributed by atoms with Gasteiger partial charge in [0, 0.05) is 31.0 Å². The third kappa shape index (κ3) is 6.87. The summed E-state index contributed by atoms with van der Waals surface area (Å²) in [7, 11) is 0. The number of guanidine groups is 1. The van der Waals surface area contributed by atoms with Crippen molar-refractivity contribution in [2.75, 3.05) is 13.1 Å². The van der Waals surface area contributed by atoms with Crippen molar-refractivity contribution in [2.24, 2.45) is 10.7 Å². The van der Waals surface area contributed by atoms with Crippen LogP contribution in [-0.4, -0.2) is 34.7 Å². The van der Waals surface area contributed by atoms with E-state index in [1.807, 2.05) is 36.0 Å². The van der Waals surface area contributed by atoms with Crippen molar-refractivity contribution in [2.45, 2.75) is 19.9 Å². The van der Waals surface area contributed by atoms with E-state index in [0.717, 1.165) is 36.7 Å². The number of nitrogens with zero attached hydrogens (tertiary/aromatic N) is 3. The lowest BCUT2D eigenvalue weighted by Crippen LogP contribution is -2.38. The molecule has 30 heavy (non-hydrogen) atoms. The molecule has 0 fully saturated rings. The van der Waals surface area contributed by atoms with Crippen LogP contribution in [0, 0.1) is 0 Å². The smallest absolute Gasteiger partial charge is 0.248 e. The van der Waals surface area contributed by atoms with Crippen LogP contribution in [-0.2, 0) is 13.0 Å². The normalized spacial score (nSPS) is 10.9. The number of rotatable bonds is 8. The lowest BCUT2D eigenvalue weighted by atomic mass is 10.1. The van der Waals surface area contributed by atoms with Gasteiger partial charge < -0.3 is 16.4 Å². The molecular weight excluding hydrogens is 491 g/mol. The maximum atomic E-state index is 11.3. The largest absolute Gasteiger partial charge is 0.366 e. The topological polar surface area (TPSA) is 97.3 Å². The minimum absolute atomic E-state index is 0. The highest BCUT2D eigenvalue weighted by molar-refractivity contribution is 14.0. The van der Waals surface area contributed by atoms with Crippen LogP contribution < -0.4 is 16.4 Å². The molecule has 0 aliphatic carbocycles. The molecule has 0 atom stereocenters. The minimum Gasteiger partial charge on any atom is -0.366 e. The Bertz CT molecular complexity index is 954. The Morgan fingerprint density at radius 1 is 1.10 bits per heavy atom. The summed E-state index contributed by atoms with van der Waals surface area (Å²) in [4.78, 5) is 15.9. The first kappa shape index (κ1) is 23.4. The Morgan fingerprint density at radius 2 is 1.90 bits per heavy atom. The minimum atomic E-state index is -0.431. The van der Waals surface area contributed by atoms with Crippen molar-refractivity contribution in [1.29, 1.82) is 0 Å². The lowest BCUT2D eigenvalue weighted by molar-refractivity contribution is 0.1000. The molecule has 0 radical (unpaired) electrons. The molecule has 0 spiro atoms. The Morgan fingerprint density at radius 3 is 2.57 bits per heavy atom. The van der Waals surface area contributed by atoms with E-state index in [1.165, 1.54) is 5.56 Å². The third-order valence-corrected chi connectivity index (χ3v) is 4.39. The second-order valence-corrected chi connectivity index (χ2v) is 6.55. The van der Waals surface area contributed by atoms with Crippen molar-refractivity contribution in [3.63, 3.8) is 0 Å². The van der Waals surface area contributed by atoms with E-state index in [0.29, 0.717) is 12.1 Å². The molecule has 3 rings (SSSR count). The van der Waals surface area contributed by atoms with Gasteiger partial charge in [0.1, 0.15) is 0 Å². The van der Waals surface area contributed by atoms with E-state index in [1.54, 1.807) is 18.3 Å². The van der Waals surface area contributed by atoms with Crippen LogP contribution in [0.2, 0.25) is 0 Å². The van der Waals surface area contributed by atoms with E-state index in [4.69, 9.17) is 5.73 Å². The fourth-order valence-corrected chi connectivity index (χ4v) is 2.90. The number of aromatic nitrogens is 2. The van der Waals surface area contributed by atoms with Crippen molar-refractivity contribution in [3.05, 3.63) is 83.7 Å². The van der Waals surface area contributed by atoms with E-state index in [-0.39, 0.29) is 24.0 Å². The van der Waals surface area contributed by atoms with Gasteiger partial charge in [0.2, 0.25) is 5.91 Å². The Labute approximate surface area is 193 Å². The molecule has 4 N–H and O–H groups in total. The first-order valence-corrected chi connectivity index (χ1v) is 9.65. The molecule has 1 aromatic heterocycles. The summed E-state index contributed by atoms with van der Waals surface area (Å²) in [5.41, 5.74) is 9.05. The summed E-state index contributed by atoms with van der Waals surface area (Å²) >= 11 is 0. The first-order valence-electron chi connectivity index (χ1n) is 9.65. The van der Waals surface area contributed by atoms with Crippen molar-refractivity contribution < 1.29 is 4.79 Å². The molecule has 0 aliphatic rings. The number of benzene rings is 2. The fourth-order valence-electron chi connectivity index (χ4n) is 2.90. The molecule has 0 unspecified atom stereocenters. The van der Waals surface area contributed by atoms with Gasteiger partial charge in [0.05, 0.1) is 12.2 Å². The van der Waals surface area contributed by atoms with Crippen LogP contribution in [0.25, 0.3) is 5.69 Å². The van der Waals surface area contributed by atoms with E-state index < -0.39 is 5.91 Å². The van der Waals surface area contributed by atoms with Crippen LogP contribution in [0.15, 0.2) is 72.0 Å². The molecule has 0 saturated heterocycles. The number of carbonyl (C=O) groups excluding carboxylic acids is 1. The highest BCUT2D eigenvalue weighted by Gasteiger charge is 2.03. The average Bonchev–Trinajstić information content (AvgIpc) is 3.27. The summed E-state index contributed by atoms with van der Waals surface area (Å²) in [5, 5.41) is 10.8.